The number of thiazole rings is 1. The Morgan fingerprint density at radius 1 is 1.22 bits per heavy atom. The normalized spacial score (nSPS) is 12.7. The van der Waals surface area contributed by atoms with Gasteiger partial charge in [-0.1, -0.05) is 15.9 Å². The van der Waals surface area contributed by atoms with Crippen LogP contribution in [0.25, 0.3) is 0 Å². The van der Waals surface area contributed by atoms with Crippen LogP contribution >= 0.6 is 27.3 Å². The SMILES string of the molecule is O=C(CCNC(=O)c1ccc(Br)cc1)Nc1nc2c(s1)CCC2. The van der Waals surface area contributed by atoms with Crippen molar-refractivity contribution in [1.82, 2.24) is 10.3 Å². The van der Waals surface area contributed by atoms with E-state index in [-0.39, 0.29) is 18.2 Å². The lowest BCUT2D eigenvalue weighted by Crippen LogP contribution is -2.27. The quantitative estimate of drug-likeness (QED) is 0.819. The molecule has 1 aromatic carbocycles. The fraction of sp³-hybridized carbons (Fsp3) is 0.312. The van der Waals surface area contributed by atoms with E-state index >= 15 is 0 Å². The predicted molar refractivity (Wildman–Crippen MR) is 93.9 cm³/mol. The van der Waals surface area contributed by atoms with E-state index in [9.17, 15) is 9.59 Å². The van der Waals surface area contributed by atoms with Crippen LogP contribution in [0.2, 0.25) is 0 Å². The Bertz CT molecular complexity index is 706. The minimum Gasteiger partial charge on any atom is -0.352 e. The number of halogens is 1. The number of aromatic nitrogens is 1. The maximum atomic E-state index is 11.9. The molecule has 1 aromatic heterocycles. The fourth-order valence-corrected chi connectivity index (χ4v) is 3.75. The maximum Gasteiger partial charge on any atom is 0.251 e. The first-order valence-electron chi connectivity index (χ1n) is 7.44. The second-order valence-electron chi connectivity index (χ2n) is 5.30. The Morgan fingerprint density at radius 2 is 2.00 bits per heavy atom. The van der Waals surface area contributed by atoms with E-state index in [0.29, 0.717) is 17.2 Å². The van der Waals surface area contributed by atoms with Crippen molar-refractivity contribution in [1.29, 1.82) is 0 Å². The number of nitrogens with zero attached hydrogens (tertiary/aromatic N) is 1. The van der Waals surface area contributed by atoms with E-state index < -0.39 is 0 Å². The van der Waals surface area contributed by atoms with Gasteiger partial charge in [0.25, 0.3) is 5.91 Å². The Labute approximate surface area is 146 Å². The molecular weight excluding hydrogens is 378 g/mol. The highest BCUT2D eigenvalue weighted by Gasteiger charge is 2.17. The van der Waals surface area contributed by atoms with E-state index in [2.05, 4.69) is 31.5 Å². The van der Waals surface area contributed by atoms with Crippen molar-refractivity contribution in [3.63, 3.8) is 0 Å². The Hall–Kier alpha value is -1.73. The number of carbonyl (C=O) groups excluding carboxylic acids is 2. The van der Waals surface area contributed by atoms with Gasteiger partial charge in [-0.3, -0.25) is 9.59 Å². The van der Waals surface area contributed by atoms with Crippen molar-refractivity contribution in [3.8, 4) is 0 Å². The standard InChI is InChI=1S/C16H16BrN3O2S/c17-11-6-4-10(5-7-11)15(22)18-9-8-14(21)20-16-19-12-2-1-3-13(12)23-16/h4-7H,1-3,8-9H2,(H,18,22)(H,19,20,21). The van der Waals surface area contributed by atoms with Gasteiger partial charge in [0.1, 0.15) is 0 Å². The van der Waals surface area contributed by atoms with E-state index in [0.717, 1.165) is 29.4 Å². The van der Waals surface area contributed by atoms with Gasteiger partial charge in [-0.25, -0.2) is 4.98 Å². The molecule has 0 fully saturated rings. The summed E-state index contributed by atoms with van der Waals surface area (Å²) in [4.78, 5) is 29.5. The predicted octanol–water partition coefficient (Wildman–Crippen LogP) is 3.15. The molecule has 2 aromatic rings. The average molecular weight is 394 g/mol. The number of hydrogen-bond acceptors (Lipinski definition) is 4. The highest BCUT2D eigenvalue weighted by molar-refractivity contribution is 9.10. The van der Waals surface area contributed by atoms with Crippen molar-refractivity contribution in [2.75, 3.05) is 11.9 Å². The van der Waals surface area contributed by atoms with Crippen LogP contribution in [0.15, 0.2) is 28.7 Å². The van der Waals surface area contributed by atoms with Crippen LogP contribution in [0.4, 0.5) is 5.13 Å². The zero-order chi connectivity index (χ0) is 16.2. The fourth-order valence-electron chi connectivity index (χ4n) is 2.42. The van der Waals surface area contributed by atoms with Crippen LogP contribution in [0.5, 0.6) is 0 Å². The highest BCUT2D eigenvalue weighted by Crippen LogP contribution is 2.30. The smallest absolute Gasteiger partial charge is 0.251 e. The van der Waals surface area contributed by atoms with Gasteiger partial charge in [0, 0.05) is 27.9 Å². The van der Waals surface area contributed by atoms with Gasteiger partial charge in [0.2, 0.25) is 5.91 Å². The van der Waals surface area contributed by atoms with Gasteiger partial charge >= 0.3 is 0 Å². The lowest BCUT2D eigenvalue weighted by molar-refractivity contribution is -0.116. The van der Waals surface area contributed by atoms with Crippen LogP contribution in [0, 0.1) is 0 Å². The molecule has 0 bridgehead atoms. The third-order valence-corrected chi connectivity index (χ3v) is 5.19. The molecule has 1 aliphatic carbocycles. The first-order chi connectivity index (χ1) is 11.1. The lowest BCUT2D eigenvalue weighted by atomic mass is 10.2. The summed E-state index contributed by atoms with van der Waals surface area (Å²) >= 11 is 4.88. The number of nitrogens with one attached hydrogen (secondary N) is 2. The molecule has 0 aliphatic heterocycles. The first-order valence-corrected chi connectivity index (χ1v) is 9.05. The lowest BCUT2D eigenvalue weighted by Gasteiger charge is -2.05. The Kier molecular flexibility index (Phi) is 5.07. The first kappa shape index (κ1) is 16.1. The van der Waals surface area contributed by atoms with Gasteiger partial charge in [0.15, 0.2) is 5.13 Å². The number of aryl methyl sites for hydroxylation is 2. The number of benzene rings is 1. The number of anilines is 1. The summed E-state index contributed by atoms with van der Waals surface area (Å²) < 4.78 is 0.920. The molecular formula is C16H16BrN3O2S. The van der Waals surface area contributed by atoms with Gasteiger partial charge in [-0.15, -0.1) is 11.3 Å². The maximum absolute atomic E-state index is 11.9. The molecule has 0 saturated heterocycles. The molecule has 5 nitrogen and oxygen atoms in total. The molecule has 2 amide bonds. The second-order valence-corrected chi connectivity index (χ2v) is 7.30. The number of amides is 2. The zero-order valence-corrected chi connectivity index (χ0v) is 14.8. The van der Waals surface area contributed by atoms with Gasteiger partial charge in [0.05, 0.1) is 5.69 Å². The molecule has 0 radical (unpaired) electrons. The molecule has 23 heavy (non-hydrogen) atoms. The van der Waals surface area contributed by atoms with E-state index in [1.165, 1.54) is 4.88 Å². The summed E-state index contributed by atoms with van der Waals surface area (Å²) in [5, 5.41) is 6.21. The van der Waals surface area contributed by atoms with Crippen molar-refractivity contribution >= 4 is 44.2 Å². The van der Waals surface area contributed by atoms with Gasteiger partial charge in [-0.05, 0) is 43.5 Å². The zero-order valence-electron chi connectivity index (χ0n) is 12.4. The molecule has 7 heteroatoms. The van der Waals surface area contributed by atoms with Crippen molar-refractivity contribution in [2.24, 2.45) is 0 Å². The molecule has 3 rings (SSSR count). The third kappa shape index (κ3) is 4.17. The van der Waals surface area contributed by atoms with Crippen LogP contribution in [-0.4, -0.2) is 23.3 Å². The summed E-state index contributed by atoms with van der Waals surface area (Å²) in [6.45, 7) is 0.297. The van der Waals surface area contributed by atoms with E-state index in [1.54, 1.807) is 23.5 Å². The van der Waals surface area contributed by atoms with Crippen LogP contribution < -0.4 is 10.6 Å². The summed E-state index contributed by atoms with van der Waals surface area (Å²) in [6, 6.07) is 7.08. The summed E-state index contributed by atoms with van der Waals surface area (Å²) in [5.74, 6) is -0.313. The van der Waals surface area contributed by atoms with Gasteiger partial charge in [-0.2, -0.15) is 0 Å². The number of fused-ring (bicyclic) bond motifs is 1. The molecule has 2 N–H and O–H groups in total. The number of rotatable bonds is 5. The minimum atomic E-state index is -0.182. The Morgan fingerprint density at radius 3 is 2.74 bits per heavy atom. The molecule has 1 aliphatic rings. The molecule has 0 saturated carbocycles. The minimum absolute atomic E-state index is 0.131. The summed E-state index contributed by atoms with van der Waals surface area (Å²) in [7, 11) is 0. The topological polar surface area (TPSA) is 71.1 Å². The van der Waals surface area contributed by atoms with Crippen LogP contribution in [-0.2, 0) is 17.6 Å². The number of carbonyl (C=O) groups is 2. The Balaban J connectivity index is 1.43. The van der Waals surface area contributed by atoms with Crippen molar-refractivity contribution in [2.45, 2.75) is 25.7 Å². The average Bonchev–Trinajstić information content (AvgIpc) is 3.09. The van der Waals surface area contributed by atoms with Crippen LogP contribution in [0.1, 0.15) is 33.8 Å². The monoisotopic (exact) mass is 393 g/mol. The molecule has 0 atom stereocenters. The molecule has 1 heterocycles. The summed E-state index contributed by atoms with van der Waals surface area (Å²) in [6.07, 6.45) is 3.45. The molecule has 120 valence electrons. The highest BCUT2D eigenvalue weighted by atomic mass is 79.9. The number of hydrogen-bond donors (Lipinski definition) is 2. The second kappa shape index (κ2) is 7.23. The van der Waals surface area contributed by atoms with Crippen LogP contribution in [0.3, 0.4) is 0 Å². The third-order valence-electron chi connectivity index (χ3n) is 3.59. The molecule has 0 unspecified atom stereocenters. The summed E-state index contributed by atoms with van der Waals surface area (Å²) in [5.41, 5.74) is 1.69. The largest absolute Gasteiger partial charge is 0.352 e. The van der Waals surface area contributed by atoms with Crippen molar-refractivity contribution in [3.05, 3.63) is 44.9 Å². The molecule has 0 spiro atoms. The van der Waals surface area contributed by atoms with Gasteiger partial charge < -0.3 is 10.6 Å². The van der Waals surface area contributed by atoms with E-state index in [1.807, 2.05) is 12.1 Å². The van der Waals surface area contributed by atoms with E-state index in [4.69, 9.17) is 0 Å². The van der Waals surface area contributed by atoms with Crippen molar-refractivity contribution < 1.29 is 9.59 Å².